The molecule has 0 aliphatic heterocycles. The zero-order valence-corrected chi connectivity index (χ0v) is 17.8. The Morgan fingerprint density at radius 1 is 1.07 bits per heavy atom. The van der Waals surface area contributed by atoms with Crippen LogP contribution in [-0.2, 0) is 11.2 Å². The van der Waals surface area contributed by atoms with Crippen molar-refractivity contribution in [3.8, 4) is 11.5 Å². The van der Waals surface area contributed by atoms with Crippen molar-refractivity contribution in [1.29, 1.82) is 0 Å². The van der Waals surface area contributed by atoms with Gasteiger partial charge in [-0.3, -0.25) is 9.59 Å². The lowest BCUT2D eigenvalue weighted by Gasteiger charge is -2.16. The number of likely N-dealkylation sites (N-methyl/N-ethyl adjacent to an activating group) is 1. The first-order valence-corrected chi connectivity index (χ1v) is 10.2. The van der Waals surface area contributed by atoms with Crippen LogP contribution in [-0.4, -0.2) is 52.2 Å². The number of hydrogen-bond donors (Lipinski definition) is 3. The Morgan fingerprint density at radius 2 is 1.80 bits per heavy atom. The van der Waals surface area contributed by atoms with Gasteiger partial charge in [-0.15, -0.1) is 0 Å². The van der Waals surface area contributed by atoms with Gasteiger partial charge < -0.3 is 25.0 Å². The Morgan fingerprint density at radius 3 is 2.50 bits per heavy atom. The van der Waals surface area contributed by atoms with Crippen molar-refractivity contribution in [1.82, 2.24) is 5.32 Å². The highest BCUT2D eigenvalue weighted by molar-refractivity contribution is 6.04. The van der Waals surface area contributed by atoms with Crippen LogP contribution in [0.25, 0.3) is 0 Å². The maximum Gasteiger partial charge on any atom is 0.279 e. The minimum atomic E-state index is -0.137. The second kappa shape index (κ2) is 10.1. The highest BCUT2D eigenvalue weighted by Gasteiger charge is 2.25. The van der Waals surface area contributed by atoms with Gasteiger partial charge in [0, 0.05) is 12.5 Å². The fourth-order valence-corrected chi connectivity index (χ4v) is 3.23. The average Bonchev–Trinajstić information content (AvgIpc) is 3.56. The summed E-state index contributed by atoms with van der Waals surface area (Å²) in [4.78, 5) is 26.0. The quantitative estimate of drug-likeness (QED) is 0.549. The van der Waals surface area contributed by atoms with Gasteiger partial charge in [0.2, 0.25) is 0 Å². The van der Waals surface area contributed by atoms with E-state index in [-0.39, 0.29) is 17.9 Å². The Kier molecular flexibility index (Phi) is 7.30. The van der Waals surface area contributed by atoms with Gasteiger partial charge >= 0.3 is 0 Å². The molecule has 2 aromatic carbocycles. The molecular formula is C23H30N3O4+. The van der Waals surface area contributed by atoms with E-state index in [1.54, 1.807) is 32.4 Å². The molecule has 3 N–H and O–H groups in total. The molecular weight excluding hydrogens is 382 g/mol. The SMILES string of the molecule is COc1ccc(CC[NH+](C)CC(=O)Nc2ccccc2C(=O)NC2CC2)cc1OC. The minimum Gasteiger partial charge on any atom is -0.493 e. The molecule has 0 heterocycles. The van der Waals surface area contributed by atoms with E-state index in [1.807, 2.05) is 31.3 Å². The first-order valence-electron chi connectivity index (χ1n) is 10.2. The molecule has 1 fully saturated rings. The number of ether oxygens (including phenoxy) is 2. The molecule has 0 aromatic heterocycles. The molecule has 7 heteroatoms. The van der Waals surface area contributed by atoms with E-state index < -0.39 is 0 Å². The van der Waals surface area contributed by atoms with E-state index in [0.29, 0.717) is 29.3 Å². The second-order valence-corrected chi connectivity index (χ2v) is 7.66. The van der Waals surface area contributed by atoms with Crippen molar-refractivity contribution in [3.05, 3.63) is 53.6 Å². The molecule has 0 spiro atoms. The van der Waals surface area contributed by atoms with E-state index in [4.69, 9.17) is 9.47 Å². The van der Waals surface area contributed by atoms with Crippen LogP contribution in [0.15, 0.2) is 42.5 Å². The van der Waals surface area contributed by atoms with Crippen LogP contribution in [0.2, 0.25) is 0 Å². The van der Waals surface area contributed by atoms with Crippen molar-refractivity contribution < 1.29 is 24.0 Å². The summed E-state index contributed by atoms with van der Waals surface area (Å²) in [7, 11) is 5.21. The van der Waals surface area contributed by atoms with Gasteiger partial charge in [-0.2, -0.15) is 0 Å². The predicted molar refractivity (Wildman–Crippen MR) is 115 cm³/mol. The number of hydrogen-bond acceptors (Lipinski definition) is 4. The molecule has 1 aliphatic carbocycles. The fourth-order valence-electron chi connectivity index (χ4n) is 3.23. The standard InChI is InChI=1S/C23H29N3O4/c1-26(13-12-16-8-11-20(29-2)21(14-16)30-3)15-22(27)25-19-7-5-4-6-18(19)23(28)24-17-9-10-17/h4-8,11,14,17H,9-10,12-13,15H2,1-3H3,(H,24,28)(H,25,27)/p+1. The Labute approximate surface area is 177 Å². The van der Waals surface area contributed by atoms with Crippen molar-refractivity contribution in [2.75, 3.05) is 39.7 Å². The highest BCUT2D eigenvalue weighted by atomic mass is 16.5. The summed E-state index contributed by atoms with van der Waals surface area (Å²) in [5, 5.41) is 5.86. The number of rotatable bonds is 10. The van der Waals surface area contributed by atoms with E-state index in [2.05, 4.69) is 10.6 Å². The number of amides is 2. The minimum absolute atomic E-state index is 0.119. The van der Waals surface area contributed by atoms with Gasteiger partial charge in [0.1, 0.15) is 0 Å². The lowest BCUT2D eigenvalue weighted by Crippen LogP contribution is -3.10. The second-order valence-electron chi connectivity index (χ2n) is 7.66. The summed E-state index contributed by atoms with van der Waals surface area (Å²) < 4.78 is 10.6. The van der Waals surface area contributed by atoms with Crippen LogP contribution in [0.3, 0.4) is 0 Å². The predicted octanol–water partition coefficient (Wildman–Crippen LogP) is 1.29. The molecule has 7 nitrogen and oxygen atoms in total. The lowest BCUT2D eigenvalue weighted by atomic mass is 10.1. The summed E-state index contributed by atoms with van der Waals surface area (Å²) >= 11 is 0. The van der Waals surface area contributed by atoms with E-state index >= 15 is 0 Å². The number of carbonyl (C=O) groups is 2. The number of carbonyl (C=O) groups excluding carboxylic acids is 2. The van der Waals surface area contributed by atoms with Gasteiger partial charge in [-0.05, 0) is 42.7 Å². The summed E-state index contributed by atoms with van der Waals surface area (Å²) in [5.74, 6) is 1.14. The molecule has 0 saturated heterocycles. The molecule has 1 saturated carbocycles. The molecule has 1 aliphatic rings. The Balaban J connectivity index is 1.52. The van der Waals surface area contributed by atoms with Gasteiger partial charge in [0.15, 0.2) is 18.0 Å². The fraction of sp³-hybridized carbons (Fsp3) is 0.391. The van der Waals surface area contributed by atoms with Gasteiger partial charge in [0.05, 0.1) is 39.1 Å². The number of para-hydroxylation sites is 1. The van der Waals surface area contributed by atoms with Gasteiger partial charge in [-0.25, -0.2) is 0 Å². The smallest absolute Gasteiger partial charge is 0.279 e. The number of methoxy groups -OCH3 is 2. The summed E-state index contributed by atoms with van der Waals surface area (Å²) in [5.41, 5.74) is 2.17. The molecule has 2 amide bonds. The van der Waals surface area contributed by atoms with E-state index in [1.165, 1.54) is 0 Å². The molecule has 3 rings (SSSR count). The summed E-state index contributed by atoms with van der Waals surface area (Å²) in [6.45, 7) is 1.10. The van der Waals surface area contributed by atoms with Crippen LogP contribution >= 0.6 is 0 Å². The molecule has 0 radical (unpaired) electrons. The molecule has 30 heavy (non-hydrogen) atoms. The topological polar surface area (TPSA) is 81.1 Å². The summed E-state index contributed by atoms with van der Waals surface area (Å²) in [6.07, 6.45) is 2.85. The number of benzene rings is 2. The molecule has 160 valence electrons. The third-order valence-corrected chi connectivity index (χ3v) is 5.11. The molecule has 0 bridgehead atoms. The summed E-state index contributed by atoms with van der Waals surface area (Å²) in [6, 6.07) is 13.2. The third kappa shape index (κ3) is 5.97. The van der Waals surface area contributed by atoms with Crippen molar-refractivity contribution >= 4 is 17.5 Å². The third-order valence-electron chi connectivity index (χ3n) is 5.11. The van der Waals surface area contributed by atoms with Gasteiger partial charge in [-0.1, -0.05) is 18.2 Å². The Bertz CT molecular complexity index is 896. The number of anilines is 1. The molecule has 1 unspecified atom stereocenters. The lowest BCUT2D eigenvalue weighted by molar-refractivity contribution is -0.870. The van der Waals surface area contributed by atoms with Crippen LogP contribution in [0, 0.1) is 0 Å². The zero-order valence-electron chi connectivity index (χ0n) is 17.8. The van der Waals surface area contributed by atoms with Crippen LogP contribution < -0.4 is 25.0 Å². The number of quaternary nitrogens is 1. The van der Waals surface area contributed by atoms with Crippen molar-refractivity contribution in [2.45, 2.75) is 25.3 Å². The van der Waals surface area contributed by atoms with Crippen molar-refractivity contribution in [2.24, 2.45) is 0 Å². The largest absolute Gasteiger partial charge is 0.493 e. The number of nitrogens with one attached hydrogen (secondary N) is 3. The van der Waals surface area contributed by atoms with E-state index in [9.17, 15) is 9.59 Å². The zero-order chi connectivity index (χ0) is 21.5. The first-order chi connectivity index (χ1) is 14.5. The first kappa shape index (κ1) is 21.6. The van der Waals surface area contributed by atoms with E-state index in [0.717, 1.165) is 36.3 Å². The maximum atomic E-state index is 12.5. The highest BCUT2D eigenvalue weighted by Crippen LogP contribution is 2.27. The monoisotopic (exact) mass is 412 g/mol. The van der Waals surface area contributed by atoms with Gasteiger partial charge in [0.25, 0.3) is 11.8 Å². The molecule has 1 atom stereocenters. The van der Waals surface area contributed by atoms with Crippen LogP contribution in [0.5, 0.6) is 11.5 Å². The van der Waals surface area contributed by atoms with Crippen molar-refractivity contribution in [3.63, 3.8) is 0 Å². The maximum absolute atomic E-state index is 12.5. The normalized spacial score (nSPS) is 14.0. The average molecular weight is 413 g/mol. The molecule has 2 aromatic rings. The van der Waals surface area contributed by atoms with Crippen LogP contribution in [0.1, 0.15) is 28.8 Å². The van der Waals surface area contributed by atoms with Crippen LogP contribution in [0.4, 0.5) is 5.69 Å². The Hall–Kier alpha value is -3.06.